The van der Waals surface area contributed by atoms with Gasteiger partial charge in [-0.1, -0.05) is 36.4 Å². The van der Waals surface area contributed by atoms with Gasteiger partial charge in [0.2, 0.25) is 0 Å². The van der Waals surface area contributed by atoms with Crippen LogP contribution in [0.2, 0.25) is 0 Å². The van der Waals surface area contributed by atoms with Gasteiger partial charge in [-0.15, -0.1) is 0 Å². The van der Waals surface area contributed by atoms with Gasteiger partial charge in [-0.2, -0.15) is 0 Å². The third-order valence-electron chi connectivity index (χ3n) is 2.82. The quantitative estimate of drug-likeness (QED) is 0.841. The van der Waals surface area contributed by atoms with Gasteiger partial charge in [-0.25, -0.2) is 0 Å². The summed E-state index contributed by atoms with van der Waals surface area (Å²) in [6.07, 6.45) is -0.819. The molecule has 0 aliphatic rings. The lowest BCUT2D eigenvalue weighted by Crippen LogP contribution is -2.09. The van der Waals surface area contributed by atoms with E-state index in [1.807, 2.05) is 42.5 Å². The van der Waals surface area contributed by atoms with Crippen LogP contribution in [0, 0.1) is 0 Å². The molecular weight excluding hydrogens is 228 g/mol. The Morgan fingerprint density at radius 3 is 2.67 bits per heavy atom. The molecule has 0 heterocycles. The highest BCUT2D eigenvalue weighted by Crippen LogP contribution is 2.22. The van der Waals surface area contributed by atoms with Crippen LogP contribution >= 0.6 is 0 Å². The molecule has 0 aliphatic carbocycles. The summed E-state index contributed by atoms with van der Waals surface area (Å²) in [4.78, 5) is 11.3. The zero-order chi connectivity index (χ0) is 13.0. The SMILES string of the molecule is CCOC(=O)CC(O)c1ccc2ccccc2c1. The smallest absolute Gasteiger partial charge is 0.308 e. The zero-order valence-corrected chi connectivity index (χ0v) is 10.3. The summed E-state index contributed by atoms with van der Waals surface area (Å²) in [5.74, 6) is -0.377. The fourth-order valence-electron chi connectivity index (χ4n) is 1.91. The van der Waals surface area contributed by atoms with Gasteiger partial charge in [-0.05, 0) is 29.3 Å². The number of fused-ring (bicyclic) bond motifs is 1. The van der Waals surface area contributed by atoms with E-state index in [2.05, 4.69) is 0 Å². The third kappa shape index (κ3) is 2.87. The second-order valence-corrected chi connectivity index (χ2v) is 4.13. The molecule has 18 heavy (non-hydrogen) atoms. The minimum Gasteiger partial charge on any atom is -0.466 e. The van der Waals surface area contributed by atoms with Crippen LogP contribution < -0.4 is 0 Å². The molecule has 0 saturated heterocycles. The van der Waals surface area contributed by atoms with Crippen molar-refractivity contribution < 1.29 is 14.6 Å². The first-order chi connectivity index (χ1) is 8.70. The molecule has 1 atom stereocenters. The normalized spacial score (nSPS) is 12.3. The Hall–Kier alpha value is -1.87. The first-order valence-electron chi connectivity index (χ1n) is 6.03. The maximum atomic E-state index is 11.3. The molecule has 0 aromatic heterocycles. The maximum absolute atomic E-state index is 11.3. The maximum Gasteiger partial charge on any atom is 0.308 e. The van der Waals surface area contributed by atoms with Crippen molar-refractivity contribution in [2.45, 2.75) is 19.4 Å². The molecule has 0 spiro atoms. The fraction of sp³-hybridized carbons (Fsp3) is 0.267. The molecule has 1 N–H and O–H groups in total. The van der Waals surface area contributed by atoms with Crippen molar-refractivity contribution in [3.8, 4) is 0 Å². The molecular formula is C15H16O3. The van der Waals surface area contributed by atoms with E-state index < -0.39 is 6.10 Å². The van der Waals surface area contributed by atoms with Crippen molar-refractivity contribution in [1.82, 2.24) is 0 Å². The molecule has 0 amide bonds. The van der Waals surface area contributed by atoms with Gasteiger partial charge in [-0.3, -0.25) is 4.79 Å². The summed E-state index contributed by atoms with van der Waals surface area (Å²) < 4.78 is 4.82. The molecule has 0 bridgehead atoms. The van der Waals surface area contributed by atoms with E-state index in [0.717, 1.165) is 16.3 Å². The van der Waals surface area contributed by atoms with Crippen molar-refractivity contribution in [3.63, 3.8) is 0 Å². The van der Waals surface area contributed by atoms with Crippen molar-refractivity contribution in [2.24, 2.45) is 0 Å². The van der Waals surface area contributed by atoms with Gasteiger partial charge in [0.05, 0.1) is 19.1 Å². The highest BCUT2D eigenvalue weighted by molar-refractivity contribution is 5.83. The summed E-state index contributed by atoms with van der Waals surface area (Å²) >= 11 is 0. The number of aliphatic hydroxyl groups is 1. The van der Waals surface area contributed by atoms with Crippen molar-refractivity contribution in [1.29, 1.82) is 0 Å². The number of hydrogen-bond acceptors (Lipinski definition) is 3. The van der Waals surface area contributed by atoms with E-state index in [0.29, 0.717) is 6.61 Å². The number of aliphatic hydroxyl groups excluding tert-OH is 1. The van der Waals surface area contributed by atoms with Crippen molar-refractivity contribution in [2.75, 3.05) is 6.61 Å². The topological polar surface area (TPSA) is 46.5 Å². The Bertz CT molecular complexity index is 548. The van der Waals surface area contributed by atoms with E-state index >= 15 is 0 Å². The first-order valence-corrected chi connectivity index (χ1v) is 6.03. The second kappa shape index (κ2) is 5.65. The lowest BCUT2D eigenvalue weighted by atomic mass is 10.0. The van der Waals surface area contributed by atoms with Gasteiger partial charge in [0.15, 0.2) is 0 Å². The van der Waals surface area contributed by atoms with Crippen LogP contribution in [-0.4, -0.2) is 17.7 Å². The fourth-order valence-corrected chi connectivity index (χ4v) is 1.91. The van der Waals surface area contributed by atoms with Crippen LogP contribution in [0.15, 0.2) is 42.5 Å². The van der Waals surface area contributed by atoms with Crippen LogP contribution in [0.25, 0.3) is 10.8 Å². The molecule has 2 rings (SSSR count). The number of rotatable bonds is 4. The van der Waals surface area contributed by atoms with E-state index in [1.165, 1.54) is 0 Å². The largest absolute Gasteiger partial charge is 0.466 e. The molecule has 94 valence electrons. The third-order valence-corrected chi connectivity index (χ3v) is 2.82. The average Bonchev–Trinajstić information content (AvgIpc) is 2.38. The van der Waals surface area contributed by atoms with Gasteiger partial charge >= 0.3 is 5.97 Å². The Morgan fingerprint density at radius 2 is 1.94 bits per heavy atom. The minimum absolute atomic E-state index is 0.00776. The first kappa shape index (κ1) is 12.6. The van der Waals surface area contributed by atoms with Crippen molar-refractivity contribution >= 4 is 16.7 Å². The summed E-state index contributed by atoms with van der Waals surface area (Å²) in [6, 6.07) is 13.6. The lowest BCUT2D eigenvalue weighted by molar-refractivity contribution is -0.145. The van der Waals surface area contributed by atoms with Crippen LogP contribution in [0.5, 0.6) is 0 Å². The summed E-state index contributed by atoms with van der Waals surface area (Å²) in [6.45, 7) is 2.09. The van der Waals surface area contributed by atoms with E-state index in [1.54, 1.807) is 6.92 Å². The molecule has 0 radical (unpaired) electrons. The van der Waals surface area contributed by atoms with E-state index in [-0.39, 0.29) is 12.4 Å². The number of carbonyl (C=O) groups is 1. The number of hydrogen-bond donors (Lipinski definition) is 1. The van der Waals surface area contributed by atoms with Crippen molar-refractivity contribution in [3.05, 3.63) is 48.0 Å². The minimum atomic E-state index is -0.811. The van der Waals surface area contributed by atoms with Crippen LogP contribution in [0.3, 0.4) is 0 Å². The summed E-state index contributed by atoms with van der Waals surface area (Å²) in [7, 11) is 0. The molecule has 3 nitrogen and oxygen atoms in total. The molecule has 0 saturated carbocycles. The molecule has 3 heteroatoms. The van der Waals surface area contributed by atoms with Gasteiger partial charge < -0.3 is 9.84 Å². The Labute approximate surface area is 106 Å². The predicted octanol–water partition coefficient (Wildman–Crippen LogP) is 2.83. The highest BCUT2D eigenvalue weighted by Gasteiger charge is 2.13. The molecule has 2 aromatic carbocycles. The molecule has 0 aliphatic heterocycles. The highest BCUT2D eigenvalue weighted by atomic mass is 16.5. The lowest BCUT2D eigenvalue weighted by Gasteiger charge is -2.11. The van der Waals surface area contributed by atoms with E-state index in [4.69, 9.17) is 4.74 Å². The predicted molar refractivity (Wildman–Crippen MR) is 70.2 cm³/mol. The molecule has 2 aromatic rings. The van der Waals surface area contributed by atoms with E-state index in [9.17, 15) is 9.90 Å². The second-order valence-electron chi connectivity index (χ2n) is 4.13. The number of esters is 1. The standard InChI is InChI=1S/C15H16O3/c1-2-18-15(17)10-14(16)13-8-7-11-5-3-4-6-12(11)9-13/h3-9,14,16H,2,10H2,1H3. The van der Waals surface area contributed by atoms with Gasteiger partial charge in [0, 0.05) is 0 Å². The van der Waals surface area contributed by atoms with Crippen LogP contribution in [0.1, 0.15) is 25.0 Å². The number of benzene rings is 2. The monoisotopic (exact) mass is 244 g/mol. The van der Waals surface area contributed by atoms with Crippen LogP contribution in [-0.2, 0) is 9.53 Å². The Balaban J connectivity index is 2.17. The van der Waals surface area contributed by atoms with Crippen LogP contribution in [0.4, 0.5) is 0 Å². The van der Waals surface area contributed by atoms with Gasteiger partial charge in [0.25, 0.3) is 0 Å². The number of carbonyl (C=O) groups excluding carboxylic acids is 1. The zero-order valence-electron chi connectivity index (χ0n) is 10.3. The molecule has 1 unspecified atom stereocenters. The average molecular weight is 244 g/mol. The number of ether oxygens (including phenoxy) is 1. The summed E-state index contributed by atoms with van der Waals surface area (Å²) in [5, 5.41) is 12.1. The van der Waals surface area contributed by atoms with Gasteiger partial charge in [0.1, 0.15) is 0 Å². The summed E-state index contributed by atoms with van der Waals surface area (Å²) in [5.41, 5.74) is 0.738. The Kier molecular flexibility index (Phi) is 3.95. The molecule has 0 fully saturated rings. The Morgan fingerprint density at radius 1 is 1.22 bits per heavy atom.